The molecular formula is C13H12N2O. The second-order valence-corrected chi connectivity index (χ2v) is 4.23. The summed E-state index contributed by atoms with van der Waals surface area (Å²) in [5, 5.41) is 4.26. The van der Waals surface area contributed by atoms with Crippen LogP contribution in [0.25, 0.3) is 5.69 Å². The number of nitrogens with zero attached hydrogens (tertiary/aromatic N) is 2. The average molecular weight is 212 g/mol. The fourth-order valence-electron chi connectivity index (χ4n) is 2.14. The minimum absolute atomic E-state index is 0.262. The van der Waals surface area contributed by atoms with E-state index in [0.29, 0.717) is 6.42 Å². The molecule has 0 aliphatic heterocycles. The molecule has 0 fully saturated rings. The van der Waals surface area contributed by atoms with Gasteiger partial charge < -0.3 is 0 Å². The van der Waals surface area contributed by atoms with E-state index >= 15 is 0 Å². The van der Waals surface area contributed by atoms with Crippen LogP contribution in [0.4, 0.5) is 0 Å². The molecule has 0 saturated heterocycles. The van der Waals surface area contributed by atoms with E-state index in [9.17, 15) is 4.79 Å². The predicted octanol–water partition coefficient (Wildman–Crippen LogP) is 2.31. The van der Waals surface area contributed by atoms with Crippen LogP contribution in [0.5, 0.6) is 0 Å². The maximum absolute atomic E-state index is 11.5. The predicted molar refractivity (Wildman–Crippen MR) is 61.0 cm³/mol. The molecule has 3 rings (SSSR count). The summed E-state index contributed by atoms with van der Waals surface area (Å²) in [6.07, 6.45) is 5.33. The van der Waals surface area contributed by atoms with Crippen LogP contribution in [0.3, 0.4) is 0 Å². The molecule has 16 heavy (non-hydrogen) atoms. The third-order valence-corrected chi connectivity index (χ3v) is 2.99. The van der Waals surface area contributed by atoms with Crippen molar-refractivity contribution in [2.45, 2.75) is 19.8 Å². The summed E-state index contributed by atoms with van der Waals surface area (Å²) in [6.45, 7) is 2.01. The molecule has 0 radical (unpaired) electrons. The maximum Gasteiger partial charge on any atom is 0.163 e. The molecule has 1 heterocycles. The highest BCUT2D eigenvalue weighted by atomic mass is 16.1. The van der Waals surface area contributed by atoms with Crippen molar-refractivity contribution < 1.29 is 4.79 Å². The molecule has 1 aliphatic rings. The van der Waals surface area contributed by atoms with E-state index in [1.54, 1.807) is 0 Å². The molecule has 0 N–H and O–H groups in total. The molecule has 0 bridgehead atoms. The van der Waals surface area contributed by atoms with Crippen LogP contribution in [-0.4, -0.2) is 15.6 Å². The first kappa shape index (κ1) is 9.33. The van der Waals surface area contributed by atoms with Crippen LogP contribution in [-0.2, 0) is 6.42 Å². The monoisotopic (exact) mass is 212 g/mol. The number of carbonyl (C=O) groups excluding carboxylic acids is 1. The first-order valence-electron chi connectivity index (χ1n) is 5.42. The molecule has 1 aliphatic carbocycles. The van der Waals surface area contributed by atoms with Crippen LogP contribution in [0.15, 0.2) is 30.6 Å². The lowest BCUT2D eigenvalue weighted by atomic mass is 10.1. The second kappa shape index (κ2) is 3.30. The molecule has 0 atom stereocenters. The highest BCUT2D eigenvalue weighted by molar-refractivity contribution is 6.00. The van der Waals surface area contributed by atoms with E-state index in [-0.39, 0.29) is 5.78 Å². The number of rotatable bonds is 1. The van der Waals surface area contributed by atoms with Crippen molar-refractivity contribution >= 4 is 5.78 Å². The highest BCUT2D eigenvalue weighted by Crippen LogP contribution is 2.24. The minimum Gasteiger partial charge on any atom is -0.294 e. The van der Waals surface area contributed by atoms with Gasteiger partial charge in [-0.05, 0) is 42.7 Å². The molecule has 3 nitrogen and oxygen atoms in total. The van der Waals surface area contributed by atoms with E-state index in [1.165, 1.54) is 0 Å². The number of ketones is 1. The molecule has 1 aromatic carbocycles. The van der Waals surface area contributed by atoms with Crippen molar-refractivity contribution in [2.75, 3.05) is 0 Å². The maximum atomic E-state index is 11.5. The number of hydrogen-bond acceptors (Lipinski definition) is 2. The fraction of sp³-hybridized carbons (Fsp3) is 0.231. The Morgan fingerprint density at radius 1 is 1.31 bits per heavy atom. The Morgan fingerprint density at radius 3 is 2.94 bits per heavy atom. The van der Waals surface area contributed by atoms with Crippen LogP contribution in [0.1, 0.15) is 27.9 Å². The third kappa shape index (κ3) is 1.36. The van der Waals surface area contributed by atoms with Crippen LogP contribution in [0, 0.1) is 6.92 Å². The molecule has 0 unspecified atom stereocenters. The molecular weight excluding hydrogens is 200 g/mol. The van der Waals surface area contributed by atoms with Crippen molar-refractivity contribution in [2.24, 2.45) is 0 Å². The van der Waals surface area contributed by atoms with E-state index in [0.717, 1.165) is 28.8 Å². The van der Waals surface area contributed by atoms with Gasteiger partial charge in [-0.15, -0.1) is 0 Å². The summed E-state index contributed by atoms with van der Waals surface area (Å²) < 4.78 is 1.85. The molecule has 3 heteroatoms. The smallest absolute Gasteiger partial charge is 0.163 e. The number of benzene rings is 1. The lowest BCUT2D eigenvalue weighted by Gasteiger charge is -2.03. The Kier molecular flexibility index (Phi) is 1.93. The molecule has 0 amide bonds. The second-order valence-electron chi connectivity index (χ2n) is 4.23. The van der Waals surface area contributed by atoms with Crippen molar-refractivity contribution in [3.05, 3.63) is 47.3 Å². The first-order chi connectivity index (χ1) is 7.74. The van der Waals surface area contributed by atoms with Gasteiger partial charge in [-0.2, -0.15) is 5.10 Å². The van der Waals surface area contributed by atoms with Gasteiger partial charge >= 0.3 is 0 Å². The first-order valence-corrected chi connectivity index (χ1v) is 5.42. The van der Waals surface area contributed by atoms with E-state index in [1.807, 2.05) is 36.1 Å². The lowest BCUT2D eigenvalue weighted by molar-refractivity contribution is 0.0994. The van der Waals surface area contributed by atoms with Crippen LogP contribution in [0.2, 0.25) is 0 Å². The van der Waals surface area contributed by atoms with Gasteiger partial charge in [0, 0.05) is 18.2 Å². The van der Waals surface area contributed by atoms with Gasteiger partial charge in [-0.1, -0.05) is 0 Å². The summed E-state index contributed by atoms with van der Waals surface area (Å²) in [5.74, 6) is 0.262. The van der Waals surface area contributed by atoms with Gasteiger partial charge in [-0.25, -0.2) is 4.68 Å². The van der Waals surface area contributed by atoms with Gasteiger partial charge in [0.2, 0.25) is 0 Å². The molecule has 80 valence electrons. The van der Waals surface area contributed by atoms with Gasteiger partial charge in [0.05, 0.1) is 11.9 Å². The Hall–Kier alpha value is -1.90. The number of carbonyl (C=O) groups is 1. The summed E-state index contributed by atoms with van der Waals surface area (Å²) >= 11 is 0. The van der Waals surface area contributed by atoms with E-state index in [2.05, 4.69) is 11.2 Å². The average Bonchev–Trinajstić information content (AvgIpc) is 2.86. The van der Waals surface area contributed by atoms with Crippen LogP contribution >= 0.6 is 0 Å². The van der Waals surface area contributed by atoms with Crippen molar-refractivity contribution in [3.8, 4) is 5.69 Å². The van der Waals surface area contributed by atoms with Crippen molar-refractivity contribution in [3.63, 3.8) is 0 Å². The fourth-order valence-corrected chi connectivity index (χ4v) is 2.14. The normalized spacial score (nSPS) is 14.2. The number of aromatic nitrogens is 2. The SMILES string of the molecule is Cc1cnn(-c2ccc3c(c2)CCC3=O)c1. The molecule has 1 aromatic heterocycles. The van der Waals surface area contributed by atoms with E-state index in [4.69, 9.17) is 0 Å². The van der Waals surface area contributed by atoms with Gasteiger partial charge in [-0.3, -0.25) is 4.79 Å². The Labute approximate surface area is 93.7 Å². The quantitative estimate of drug-likeness (QED) is 0.727. The lowest BCUT2D eigenvalue weighted by Crippen LogP contribution is -1.97. The zero-order chi connectivity index (χ0) is 11.1. The van der Waals surface area contributed by atoms with Gasteiger partial charge in [0.25, 0.3) is 0 Å². The topological polar surface area (TPSA) is 34.9 Å². The van der Waals surface area contributed by atoms with E-state index < -0.39 is 0 Å². The number of fused-ring (bicyclic) bond motifs is 1. The third-order valence-electron chi connectivity index (χ3n) is 2.99. The standard InChI is InChI=1S/C13H12N2O/c1-9-7-14-15(8-9)11-3-4-12-10(6-11)2-5-13(12)16/h3-4,6-8H,2,5H2,1H3. The highest BCUT2D eigenvalue weighted by Gasteiger charge is 2.19. The summed E-state index contributed by atoms with van der Waals surface area (Å²) in [4.78, 5) is 11.5. The summed E-state index contributed by atoms with van der Waals surface area (Å²) in [6, 6.07) is 5.93. The Bertz CT molecular complexity index is 569. The zero-order valence-electron chi connectivity index (χ0n) is 9.10. The van der Waals surface area contributed by atoms with Crippen molar-refractivity contribution in [1.29, 1.82) is 0 Å². The summed E-state index contributed by atoms with van der Waals surface area (Å²) in [5.41, 5.74) is 4.20. The number of hydrogen-bond donors (Lipinski definition) is 0. The number of aryl methyl sites for hydroxylation is 2. The van der Waals surface area contributed by atoms with Gasteiger partial charge in [0.1, 0.15) is 0 Å². The molecule has 0 saturated carbocycles. The van der Waals surface area contributed by atoms with Gasteiger partial charge in [0.15, 0.2) is 5.78 Å². The zero-order valence-corrected chi connectivity index (χ0v) is 9.10. The Balaban J connectivity index is 2.08. The molecule has 0 spiro atoms. The largest absolute Gasteiger partial charge is 0.294 e. The minimum atomic E-state index is 0.262. The Morgan fingerprint density at radius 2 is 2.19 bits per heavy atom. The number of Topliss-reactive ketones (excluding diaryl/α,β-unsaturated/α-hetero) is 1. The molecule has 2 aromatic rings. The van der Waals surface area contributed by atoms with Crippen molar-refractivity contribution in [1.82, 2.24) is 9.78 Å². The van der Waals surface area contributed by atoms with Crippen LogP contribution < -0.4 is 0 Å². The summed E-state index contributed by atoms with van der Waals surface area (Å²) in [7, 11) is 0.